The lowest BCUT2D eigenvalue weighted by Gasteiger charge is -2.33. The van der Waals surface area contributed by atoms with Crippen LogP contribution in [-0.4, -0.2) is 32.3 Å². The molecule has 0 bridgehead atoms. The minimum atomic E-state index is 0.0947. The summed E-state index contributed by atoms with van der Waals surface area (Å²) in [7, 11) is 0. The second-order valence-corrected chi connectivity index (χ2v) is 5.58. The van der Waals surface area contributed by atoms with E-state index in [9.17, 15) is 0 Å². The fraction of sp³-hybridized carbons (Fsp3) is 0.571. The van der Waals surface area contributed by atoms with Crippen LogP contribution in [0, 0.1) is 5.41 Å². The van der Waals surface area contributed by atoms with Crippen molar-refractivity contribution < 1.29 is 4.74 Å². The normalized spacial score (nSPS) is 31.9. The van der Waals surface area contributed by atoms with Crippen molar-refractivity contribution in [1.82, 2.24) is 0 Å². The Hall–Kier alpha value is -1.06. The minimum Gasteiger partial charge on any atom is -0.379 e. The van der Waals surface area contributed by atoms with Gasteiger partial charge in [-0.2, -0.15) is 0 Å². The molecule has 0 spiro atoms. The monoisotopic (exact) mass is 232 g/mol. The van der Waals surface area contributed by atoms with Crippen LogP contribution < -0.4 is 10.6 Å². The maximum absolute atomic E-state index is 6.16. The average Bonchev–Trinajstić information content (AvgIpc) is 2.86. The van der Waals surface area contributed by atoms with Gasteiger partial charge in [0.15, 0.2) is 0 Å². The molecule has 1 aromatic carbocycles. The lowest BCUT2D eigenvalue weighted by Crippen LogP contribution is -2.46. The van der Waals surface area contributed by atoms with Gasteiger partial charge < -0.3 is 15.4 Å². The summed E-state index contributed by atoms with van der Waals surface area (Å²) >= 11 is 0. The smallest absolute Gasteiger partial charge is 0.0624 e. The molecular formula is C14H20N2O. The molecule has 2 unspecified atom stereocenters. The summed E-state index contributed by atoms with van der Waals surface area (Å²) in [5, 5.41) is 0. The predicted octanol–water partition coefficient (Wildman–Crippen LogP) is 1.41. The van der Waals surface area contributed by atoms with Crippen LogP contribution in [0.5, 0.6) is 0 Å². The standard InChI is InChI=1S/C14H20N2O/c1-14(10-17-8-13(14)15)9-16-7-6-11-4-2-3-5-12(11)16/h2-5,13H,6-10,15H2,1H3. The van der Waals surface area contributed by atoms with Gasteiger partial charge in [-0.05, 0) is 18.1 Å². The SMILES string of the molecule is CC1(CN2CCc3ccccc32)COCC1N. The minimum absolute atomic E-state index is 0.0947. The Morgan fingerprint density at radius 3 is 3.06 bits per heavy atom. The molecule has 0 amide bonds. The number of para-hydroxylation sites is 1. The first kappa shape index (κ1) is 11.1. The van der Waals surface area contributed by atoms with Crippen LogP contribution in [0.1, 0.15) is 12.5 Å². The van der Waals surface area contributed by atoms with Crippen molar-refractivity contribution in [2.45, 2.75) is 19.4 Å². The van der Waals surface area contributed by atoms with Crippen molar-refractivity contribution in [3.05, 3.63) is 29.8 Å². The van der Waals surface area contributed by atoms with E-state index in [1.807, 2.05) is 0 Å². The number of rotatable bonds is 2. The molecule has 0 aliphatic carbocycles. The lowest BCUT2D eigenvalue weighted by atomic mass is 9.85. The van der Waals surface area contributed by atoms with Crippen LogP contribution in [0.3, 0.4) is 0 Å². The Balaban J connectivity index is 1.79. The predicted molar refractivity (Wildman–Crippen MR) is 69.3 cm³/mol. The second kappa shape index (κ2) is 4.00. The van der Waals surface area contributed by atoms with Gasteiger partial charge in [0.25, 0.3) is 0 Å². The zero-order chi connectivity index (χ0) is 11.9. The van der Waals surface area contributed by atoms with E-state index < -0.39 is 0 Å². The van der Waals surface area contributed by atoms with Gasteiger partial charge in [-0.3, -0.25) is 0 Å². The molecule has 0 radical (unpaired) electrons. The van der Waals surface area contributed by atoms with Crippen molar-refractivity contribution >= 4 is 5.69 Å². The molecule has 1 aromatic rings. The molecule has 0 saturated carbocycles. The number of nitrogens with two attached hydrogens (primary N) is 1. The fourth-order valence-corrected chi connectivity index (χ4v) is 2.90. The van der Waals surface area contributed by atoms with Crippen molar-refractivity contribution in [3.63, 3.8) is 0 Å². The van der Waals surface area contributed by atoms with Crippen LogP contribution in [0.2, 0.25) is 0 Å². The molecule has 92 valence electrons. The average molecular weight is 232 g/mol. The highest BCUT2D eigenvalue weighted by atomic mass is 16.5. The molecule has 2 atom stereocenters. The number of hydrogen-bond acceptors (Lipinski definition) is 3. The Morgan fingerprint density at radius 1 is 1.47 bits per heavy atom. The van der Waals surface area contributed by atoms with E-state index in [0.29, 0.717) is 6.61 Å². The zero-order valence-electron chi connectivity index (χ0n) is 10.4. The molecule has 3 rings (SSSR count). The summed E-state index contributed by atoms with van der Waals surface area (Å²) in [5.41, 5.74) is 9.10. The zero-order valence-corrected chi connectivity index (χ0v) is 10.4. The maximum atomic E-state index is 6.16. The number of ether oxygens (including phenoxy) is 1. The maximum Gasteiger partial charge on any atom is 0.0624 e. The molecule has 0 aromatic heterocycles. The summed E-state index contributed by atoms with van der Waals surface area (Å²) in [6.07, 6.45) is 1.16. The third kappa shape index (κ3) is 1.83. The molecular weight excluding hydrogens is 212 g/mol. The topological polar surface area (TPSA) is 38.5 Å². The summed E-state index contributed by atoms with van der Waals surface area (Å²) in [6, 6.07) is 8.84. The van der Waals surface area contributed by atoms with Crippen molar-refractivity contribution in [2.75, 3.05) is 31.2 Å². The summed E-state index contributed by atoms with van der Waals surface area (Å²) in [4.78, 5) is 2.46. The molecule has 1 fully saturated rings. The van der Waals surface area contributed by atoms with Crippen LogP contribution in [0.4, 0.5) is 5.69 Å². The van der Waals surface area contributed by atoms with Crippen LogP contribution >= 0.6 is 0 Å². The first-order valence-electron chi connectivity index (χ1n) is 6.35. The van der Waals surface area contributed by atoms with Gasteiger partial charge in [0, 0.05) is 30.2 Å². The van der Waals surface area contributed by atoms with Gasteiger partial charge in [-0.15, -0.1) is 0 Å². The largest absolute Gasteiger partial charge is 0.379 e. The molecule has 2 heterocycles. The van der Waals surface area contributed by atoms with Crippen molar-refractivity contribution in [1.29, 1.82) is 0 Å². The summed E-state index contributed by atoms with van der Waals surface area (Å²) in [5.74, 6) is 0. The van der Waals surface area contributed by atoms with E-state index >= 15 is 0 Å². The van der Waals surface area contributed by atoms with Gasteiger partial charge in [-0.25, -0.2) is 0 Å². The first-order valence-corrected chi connectivity index (χ1v) is 6.35. The van der Waals surface area contributed by atoms with Gasteiger partial charge in [0.1, 0.15) is 0 Å². The van der Waals surface area contributed by atoms with Crippen LogP contribution in [0.15, 0.2) is 24.3 Å². The summed E-state index contributed by atoms with van der Waals surface area (Å²) in [6.45, 7) is 5.84. The third-order valence-corrected chi connectivity index (χ3v) is 4.16. The Kier molecular flexibility index (Phi) is 2.60. The van der Waals surface area contributed by atoms with Gasteiger partial charge in [0.05, 0.1) is 13.2 Å². The van der Waals surface area contributed by atoms with E-state index in [0.717, 1.165) is 26.1 Å². The van der Waals surface area contributed by atoms with E-state index in [1.165, 1.54) is 11.3 Å². The number of benzene rings is 1. The molecule has 1 saturated heterocycles. The number of fused-ring (bicyclic) bond motifs is 1. The van der Waals surface area contributed by atoms with Crippen molar-refractivity contribution in [3.8, 4) is 0 Å². The van der Waals surface area contributed by atoms with E-state index in [-0.39, 0.29) is 11.5 Å². The van der Waals surface area contributed by atoms with E-state index in [1.54, 1.807) is 0 Å². The molecule has 2 N–H and O–H groups in total. The molecule has 2 aliphatic heterocycles. The lowest BCUT2D eigenvalue weighted by molar-refractivity contribution is 0.162. The number of anilines is 1. The Morgan fingerprint density at radius 2 is 2.29 bits per heavy atom. The quantitative estimate of drug-likeness (QED) is 0.838. The fourth-order valence-electron chi connectivity index (χ4n) is 2.90. The highest BCUT2D eigenvalue weighted by Gasteiger charge is 2.40. The Bertz CT molecular complexity index is 420. The van der Waals surface area contributed by atoms with E-state index in [4.69, 9.17) is 10.5 Å². The summed E-state index contributed by atoms with van der Waals surface area (Å²) < 4.78 is 5.52. The van der Waals surface area contributed by atoms with E-state index in [2.05, 4.69) is 36.1 Å². The second-order valence-electron chi connectivity index (χ2n) is 5.58. The van der Waals surface area contributed by atoms with Gasteiger partial charge in [0.2, 0.25) is 0 Å². The molecule has 3 heteroatoms. The highest BCUT2D eigenvalue weighted by Crippen LogP contribution is 2.34. The van der Waals surface area contributed by atoms with Crippen LogP contribution in [0.25, 0.3) is 0 Å². The number of nitrogens with zero attached hydrogens (tertiary/aromatic N) is 1. The number of hydrogen-bond donors (Lipinski definition) is 1. The first-order chi connectivity index (χ1) is 8.19. The van der Waals surface area contributed by atoms with Gasteiger partial charge >= 0.3 is 0 Å². The van der Waals surface area contributed by atoms with Crippen molar-refractivity contribution in [2.24, 2.45) is 11.1 Å². The van der Waals surface area contributed by atoms with Crippen LogP contribution in [-0.2, 0) is 11.2 Å². The molecule has 17 heavy (non-hydrogen) atoms. The third-order valence-electron chi connectivity index (χ3n) is 4.16. The molecule has 3 nitrogen and oxygen atoms in total. The molecule has 2 aliphatic rings. The highest BCUT2D eigenvalue weighted by molar-refractivity contribution is 5.58. The Labute approximate surface area is 103 Å². The van der Waals surface area contributed by atoms with Gasteiger partial charge in [-0.1, -0.05) is 25.1 Å².